The quantitative estimate of drug-likeness (QED) is 0.417. The first-order valence-corrected chi connectivity index (χ1v) is 8.06. The van der Waals surface area contributed by atoms with Crippen LogP contribution in [0, 0.1) is 10.1 Å². The molecular formula is C19H23NO4. The first-order valence-electron chi connectivity index (χ1n) is 8.06. The maximum absolute atomic E-state index is 12.5. The molecule has 5 nitrogen and oxygen atoms in total. The molecule has 0 spiro atoms. The van der Waals surface area contributed by atoms with E-state index in [-0.39, 0.29) is 4.92 Å². The number of hydrogen-bond donors (Lipinski definition) is 0. The van der Waals surface area contributed by atoms with Crippen LogP contribution in [-0.4, -0.2) is 23.9 Å². The first kappa shape index (κ1) is 18.1. The normalized spacial score (nSPS) is 12.1. The number of rotatable bonds is 8. The molecule has 0 atom stereocenters. The summed E-state index contributed by atoms with van der Waals surface area (Å²) in [5.41, 5.74) is -0.641. The minimum atomic E-state index is -1.68. The monoisotopic (exact) mass is 329 g/mol. The summed E-state index contributed by atoms with van der Waals surface area (Å²) in [5.74, 6) is -1.46. The number of hydrogen-bond acceptors (Lipinski definition) is 4. The van der Waals surface area contributed by atoms with Crippen molar-refractivity contribution < 1.29 is 14.4 Å². The standard InChI is InChI=1S/C19H23NO4/c1-4-23-18(3,24-5-2)19(20(21)22,16-12-8-6-9-13-16)17-14-10-7-11-15-17/h6-15H,4-5H2,1-3H3. The second kappa shape index (κ2) is 7.55. The third-order valence-electron chi connectivity index (χ3n) is 4.15. The molecule has 0 radical (unpaired) electrons. The van der Waals surface area contributed by atoms with Gasteiger partial charge in [0.1, 0.15) is 0 Å². The zero-order valence-electron chi connectivity index (χ0n) is 14.3. The Bertz CT molecular complexity index is 612. The Hall–Kier alpha value is -2.24. The lowest BCUT2D eigenvalue weighted by Gasteiger charge is -2.41. The third kappa shape index (κ3) is 2.92. The van der Waals surface area contributed by atoms with E-state index in [0.29, 0.717) is 24.3 Å². The van der Waals surface area contributed by atoms with Crippen LogP contribution in [0.25, 0.3) is 0 Å². The van der Waals surface area contributed by atoms with Gasteiger partial charge in [0.2, 0.25) is 5.79 Å². The lowest BCUT2D eigenvalue weighted by molar-refractivity contribution is -0.612. The van der Waals surface area contributed by atoms with Gasteiger partial charge >= 0.3 is 5.54 Å². The molecule has 0 heterocycles. The maximum Gasteiger partial charge on any atom is 0.324 e. The van der Waals surface area contributed by atoms with Gasteiger partial charge in [-0.15, -0.1) is 0 Å². The summed E-state index contributed by atoms with van der Waals surface area (Å²) >= 11 is 0. The number of benzene rings is 2. The molecule has 0 bridgehead atoms. The molecule has 0 aromatic heterocycles. The van der Waals surface area contributed by atoms with Crippen molar-refractivity contribution in [2.75, 3.05) is 13.2 Å². The lowest BCUT2D eigenvalue weighted by atomic mass is 9.76. The molecule has 5 heteroatoms. The number of nitro groups is 1. The Kier molecular flexibility index (Phi) is 5.70. The second-order valence-corrected chi connectivity index (χ2v) is 5.51. The van der Waals surface area contributed by atoms with Crippen LogP contribution in [0.15, 0.2) is 60.7 Å². The highest BCUT2D eigenvalue weighted by atomic mass is 16.7. The van der Waals surface area contributed by atoms with Crippen LogP contribution in [0.5, 0.6) is 0 Å². The molecule has 0 aliphatic rings. The molecule has 24 heavy (non-hydrogen) atoms. The van der Waals surface area contributed by atoms with Crippen molar-refractivity contribution in [2.45, 2.75) is 32.1 Å². The molecule has 0 saturated heterocycles. The van der Waals surface area contributed by atoms with Gasteiger partial charge in [-0.25, -0.2) is 0 Å². The van der Waals surface area contributed by atoms with E-state index in [2.05, 4.69) is 0 Å². The van der Waals surface area contributed by atoms with Crippen molar-refractivity contribution in [2.24, 2.45) is 0 Å². The average molecular weight is 329 g/mol. The summed E-state index contributed by atoms with van der Waals surface area (Å²) in [7, 11) is 0. The van der Waals surface area contributed by atoms with Gasteiger partial charge in [-0.2, -0.15) is 0 Å². The van der Waals surface area contributed by atoms with Crippen LogP contribution in [0.3, 0.4) is 0 Å². The van der Waals surface area contributed by atoms with Crippen molar-refractivity contribution in [1.82, 2.24) is 0 Å². The van der Waals surface area contributed by atoms with Crippen LogP contribution in [-0.2, 0) is 15.0 Å². The summed E-state index contributed by atoms with van der Waals surface area (Å²) in [6.07, 6.45) is 0. The van der Waals surface area contributed by atoms with Crippen molar-refractivity contribution >= 4 is 0 Å². The van der Waals surface area contributed by atoms with Gasteiger partial charge in [-0.1, -0.05) is 60.7 Å². The fraction of sp³-hybridized carbons (Fsp3) is 0.368. The van der Waals surface area contributed by atoms with Crippen LogP contribution >= 0.6 is 0 Å². The fourth-order valence-corrected chi connectivity index (χ4v) is 3.23. The highest BCUT2D eigenvalue weighted by Crippen LogP contribution is 2.45. The third-order valence-corrected chi connectivity index (χ3v) is 4.15. The molecule has 2 aromatic rings. The molecule has 0 amide bonds. The van der Waals surface area contributed by atoms with E-state index in [1.54, 1.807) is 69.3 Å². The second-order valence-electron chi connectivity index (χ2n) is 5.51. The smallest absolute Gasteiger partial charge is 0.324 e. The molecule has 0 aliphatic heterocycles. The van der Waals surface area contributed by atoms with Crippen molar-refractivity contribution in [3.05, 3.63) is 81.9 Å². The molecule has 128 valence electrons. The lowest BCUT2D eigenvalue weighted by Crippen LogP contribution is -2.58. The molecule has 0 saturated carbocycles. The van der Waals surface area contributed by atoms with Crippen molar-refractivity contribution in [3.8, 4) is 0 Å². The Labute approximate surface area is 142 Å². The van der Waals surface area contributed by atoms with Gasteiger partial charge < -0.3 is 9.47 Å². The van der Waals surface area contributed by atoms with Gasteiger partial charge in [-0.3, -0.25) is 10.1 Å². The van der Waals surface area contributed by atoms with E-state index < -0.39 is 11.3 Å². The topological polar surface area (TPSA) is 61.6 Å². The summed E-state index contributed by atoms with van der Waals surface area (Å²) in [5, 5.41) is 12.5. The Balaban J connectivity index is 2.84. The summed E-state index contributed by atoms with van der Waals surface area (Å²) < 4.78 is 11.7. The maximum atomic E-state index is 12.5. The van der Waals surface area contributed by atoms with Gasteiger partial charge in [-0.05, 0) is 20.8 Å². The average Bonchev–Trinajstić information content (AvgIpc) is 2.57. The predicted molar refractivity (Wildman–Crippen MR) is 92.3 cm³/mol. The summed E-state index contributed by atoms with van der Waals surface area (Å²) in [4.78, 5) is 12.2. The van der Waals surface area contributed by atoms with E-state index in [4.69, 9.17) is 9.47 Å². The largest absolute Gasteiger partial charge is 0.344 e. The van der Waals surface area contributed by atoms with Crippen molar-refractivity contribution in [1.29, 1.82) is 0 Å². The molecule has 0 N–H and O–H groups in total. The van der Waals surface area contributed by atoms with E-state index in [1.807, 2.05) is 12.1 Å². The Morgan fingerprint density at radius 1 is 0.875 bits per heavy atom. The SMILES string of the molecule is CCOC(C)(OCC)C(c1ccccc1)(c1ccccc1)[N+](=O)[O-]. The zero-order valence-corrected chi connectivity index (χ0v) is 14.3. The minimum absolute atomic E-state index is 0.297. The number of nitrogens with zero attached hydrogens (tertiary/aromatic N) is 1. The highest BCUT2D eigenvalue weighted by molar-refractivity contribution is 5.39. The van der Waals surface area contributed by atoms with Crippen molar-refractivity contribution in [3.63, 3.8) is 0 Å². The van der Waals surface area contributed by atoms with Gasteiger partial charge in [0.05, 0.1) is 0 Å². The van der Waals surface area contributed by atoms with Gasteiger partial charge in [0.15, 0.2) is 0 Å². The predicted octanol–water partition coefficient (Wildman–Crippen LogP) is 4.00. The first-order chi connectivity index (χ1) is 11.5. The molecule has 0 unspecified atom stereocenters. The molecule has 0 aliphatic carbocycles. The summed E-state index contributed by atoms with van der Waals surface area (Å²) in [6.45, 7) is 5.84. The van der Waals surface area contributed by atoms with Crippen LogP contribution in [0.1, 0.15) is 31.9 Å². The zero-order chi connectivity index (χ0) is 17.6. The fourth-order valence-electron chi connectivity index (χ4n) is 3.23. The van der Waals surface area contributed by atoms with E-state index in [1.165, 1.54) is 0 Å². The molecular weight excluding hydrogens is 306 g/mol. The van der Waals surface area contributed by atoms with Gasteiger partial charge in [0.25, 0.3) is 0 Å². The molecule has 0 fully saturated rings. The van der Waals surface area contributed by atoms with E-state index in [9.17, 15) is 10.1 Å². The van der Waals surface area contributed by atoms with Crippen LogP contribution in [0.4, 0.5) is 0 Å². The van der Waals surface area contributed by atoms with E-state index in [0.717, 1.165) is 0 Å². The Morgan fingerprint density at radius 2 is 1.25 bits per heavy atom. The number of ether oxygens (including phenoxy) is 2. The molecule has 2 aromatic carbocycles. The van der Waals surface area contributed by atoms with E-state index >= 15 is 0 Å². The highest BCUT2D eigenvalue weighted by Gasteiger charge is 2.63. The summed E-state index contributed by atoms with van der Waals surface area (Å²) in [6, 6.07) is 17.8. The minimum Gasteiger partial charge on any atom is -0.344 e. The molecule has 2 rings (SSSR count). The van der Waals surface area contributed by atoms with Gasteiger partial charge in [0, 0.05) is 29.3 Å². The van der Waals surface area contributed by atoms with Crippen LogP contribution in [0.2, 0.25) is 0 Å². The van der Waals surface area contributed by atoms with Crippen LogP contribution < -0.4 is 0 Å². The Morgan fingerprint density at radius 3 is 1.54 bits per heavy atom.